The largest absolute Gasteiger partial charge is 0.491 e. The molecule has 2 heterocycles. The summed E-state index contributed by atoms with van der Waals surface area (Å²) in [6.07, 6.45) is 0.699. The number of carbonyl (C=O) groups excluding carboxylic acids is 1. The highest BCUT2D eigenvalue weighted by atomic mass is 32.2. The van der Waals surface area contributed by atoms with Crippen LogP contribution < -0.4 is 4.74 Å². The number of nitrogens with zero attached hydrogens (tertiary/aromatic N) is 2. The quantitative estimate of drug-likeness (QED) is 0.389. The maximum Gasteiger partial charge on any atom is 0.243 e. The predicted octanol–water partition coefficient (Wildman–Crippen LogP) is 5.05. The number of sulfonamides is 1. The van der Waals surface area contributed by atoms with Gasteiger partial charge in [0.05, 0.1) is 17.5 Å². The second kappa shape index (κ2) is 11.1. The van der Waals surface area contributed by atoms with Crippen LogP contribution >= 0.6 is 11.3 Å². The van der Waals surface area contributed by atoms with Crippen molar-refractivity contribution >= 4 is 27.3 Å². The molecular formula is C27H31FN2O4S2. The van der Waals surface area contributed by atoms with Gasteiger partial charge in [-0.3, -0.25) is 4.79 Å². The van der Waals surface area contributed by atoms with Gasteiger partial charge in [0.15, 0.2) is 0 Å². The van der Waals surface area contributed by atoms with Crippen LogP contribution in [0.5, 0.6) is 5.75 Å². The van der Waals surface area contributed by atoms with Crippen molar-refractivity contribution in [3.63, 3.8) is 0 Å². The molecule has 0 bridgehead atoms. The van der Waals surface area contributed by atoms with E-state index in [4.69, 9.17) is 4.74 Å². The molecule has 0 fully saturated rings. The fraction of sp³-hybridized carbons (Fsp3) is 0.370. The number of aryl methyl sites for hydroxylation is 1. The number of hydrogen-bond acceptors (Lipinski definition) is 5. The predicted molar refractivity (Wildman–Crippen MR) is 139 cm³/mol. The molecule has 0 spiro atoms. The van der Waals surface area contributed by atoms with E-state index in [-0.39, 0.29) is 36.4 Å². The molecule has 1 aromatic heterocycles. The molecule has 192 valence electrons. The molecule has 1 atom stereocenters. The average molecular weight is 531 g/mol. The highest BCUT2D eigenvalue weighted by Gasteiger charge is 2.35. The van der Waals surface area contributed by atoms with E-state index < -0.39 is 21.9 Å². The highest BCUT2D eigenvalue weighted by molar-refractivity contribution is 7.89. The zero-order valence-electron chi connectivity index (χ0n) is 20.7. The van der Waals surface area contributed by atoms with E-state index in [0.29, 0.717) is 18.7 Å². The lowest BCUT2D eigenvalue weighted by molar-refractivity contribution is -0.135. The van der Waals surface area contributed by atoms with Gasteiger partial charge in [-0.25, -0.2) is 12.8 Å². The third kappa shape index (κ3) is 5.96. The van der Waals surface area contributed by atoms with E-state index in [9.17, 15) is 17.6 Å². The summed E-state index contributed by atoms with van der Waals surface area (Å²) in [6, 6.07) is 14.2. The van der Waals surface area contributed by atoms with Crippen LogP contribution in [0, 0.1) is 18.7 Å². The van der Waals surface area contributed by atoms with Crippen molar-refractivity contribution in [1.82, 2.24) is 9.21 Å². The van der Waals surface area contributed by atoms with Crippen LogP contribution in [0.15, 0.2) is 64.9 Å². The first-order valence-corrected chi connectivity index (χ1v) is 14.3. The van der Waals surface area contributed by atoms with Crippen molar-refractivity contribution in [1.29, 1.82) is 0 Å². The molecule has 0 saturated heterocycles. The van der Waals surface area contributed by atoms with E-state index in [1.54, 1.807) is 52.6 Å². The second-order valence-electron chi connectivity index (χ2n) is 9.42. The number of ether oxygens (including phenoxy) is 1. The molecule has 0 N–H and O–H groups in total. The van der Waals surface area contributed by atoms with Crippen molar-refractivity contribution in [3.05, 3.63) is 81.8 Å². The van der Waals surface area contributed by atoms with Gasteiger partial charge in [-0.05, 0) is 60.5 Å². The van der Waals surface area contributed by atoms with Crippen LogP contribution in [-0.4, -0.2) is 49.8 Å². The van der Waals surface area contributed by atoms with Crippen LogP contribution in [0.2, 0.25) is 0 Å². The van der Waals surface area contributed by atoms with Gasteiger partial charge in [-0.2, -0.15) is 4.31 Å². The zero-order valence-corrected chi connectivity index (χ0v) is 22.3. The SMILES string of the molecule is Cc1ccc(S(=O)(=O)N(CC(=O)N2CCc3sccc3[C@H]2COc2cccc(F)c2)CC(C)C)cc1. The molecule has 36 heavy (non-hydrogen) atoms. The normalized spacial score (nSPS) is 15.8. The Kier molecular flexibility index (Phi) is 8.12. The van der Waals surface area contributed by atoms with Crippen LogP contribution in [0.25, 0.3) is 0 Å². The van der Waals surface area contributed by atoms with Gasteiger partial charge in [0.25, 0.3) is 0 Å². The number of halogens is 1. The van der Waals surface area contributed by atoms with Gasteiger partial charge < -0.3 is 9.64 Å². The molecule has 3 aromatic rings. The summed E-state index contributed by atoms with van der Waals surface area (Å²) in [5, 5.41) is 1.99. The lowest BCUT2D eigenvalue weighted by Gasteiger charge is -2.37. The lowest BCUT2D eigenvalue weighted by Crippen LogP contribution is -2.48. The summed E-state index contributed by atoms with van der Waals surface area (Å²) >= 11 is 1.63. The van der Waals surface area contributed by atoms with Gasteiger partial charge >= 0.3 is 0 Å². The topological polar surface area (TPSA) is 66.9 Å². The molecule has 1 aliphatic heterocycles. The van der Waals surface area contributed by atoms with E-state index in [1.807, 2.05) is 32.2 Å². The molecule has 1 amide bonds. The molecule has 0 unspecified atom stereocenters. The van der Waals surface area contributed by atoms with E-state index in [0.717, 1.165) is 11.1 Å². The molecule has 2 aromatic carbocycles. The highest BCUT2D eigenvalue weighted by Crippen LogP contribution is 2.34. The number of benzene rings is 2. The van der Waals surface area contributed by atoms with Gasteiger partial charge in [-0.15, -0.1) is 11.3 Å². The van der Waals surface area contributed by atoms with Crippen molar-refractivity contribution < 1.29 is 22.3 Å². The number of hydrogen-bond donors (Lipinski definition) is 0. The Morgan fingerprint density at radius 1 is 1.19 bits per heavy atom. The first-order chi connectivity index (χ1) is 17.1. The van der Waals surface area contributed by atoms with Crippen molar-refractivity contribution in [2.75, 3.05) is 26.2 Å². The molecule has 0 aliphatic carbocycles. The molecule has 9 heteroatoms. The molecule has 4 rings (SSSR count). The fourth-order valence-electron chi connectivity index (χ4n) is 4.36. The van der Waals surface area contributed by atoms with E-state index >= 15 is 0 Å². The van der Waals surface area contributed by atoms with Gasteiger partial charge in [-0.1, -0.05) is 37.6 Å². The number of fused-ring (bicyclic) bond motifs is 1. The summed E-state index contributed by atoms with van der Waals surface area (Å²) in [5.41, 5.74) is 1.95. The van der Waals surface area contributed by atoms with Crippen molar-refractivity contribution in [2.24, 2.45) is 5.92 Å². The monoisotopic (exact) mass is 530 g/mol. The summed E-state index contributed by atoms with van der Waals surface area (Å²) in [6.45, 7) is 6.32. The smallest absolute Gasteiger partial charge is 0.243 e. The fourth-order valence-corrected chi connectivity index (χ4v) is 6.84. The molecule has 0 radical (unpaired) electrons. The maximum atomic E-state index is 13.6. The van der Waals surface area contributed by atoms with E-state index in [1.165, 1.54) is 21.3 Å². The molecule has 1 aliphatic rings. The summed E-state index contributed by atoms with van der Waals surface area (Å²) in [7, 11) is -3.86. The minimum Gasteiger partial charge on any atom is -0.491 e. The Balaban J connectivity index is 1.57. The summed E-state index contributed by atoms with van der Waals surface area (Å²) in [4.78, 5) is 16.7. The summed E-state index contributed by atoms with van der Waals surface area (Å²) in [5.74, 6) is -0.259. The lowest BCUT2D eigenvalue weighted by atomic mass is 10.0. The first-order valence-electron chi connectivity index (χ1n) is 12.0. The first kappa shape index (κ1) is 26.3. The minimum atomic E-state index is -3.86. The van der Waals surface area contributed by atoms with Gasteiger partial charge in [0, 0.05) is 24.0 Å². The molecule has 6 nitrogen and oxygen atoms in total. The van der Waals surface area contributed by atoms with Gasteiger partial charge in [0.1, 0.15) is 18.2 Å². The number of amides is 1. The van der Waals surface area contributed by atoms with Crippen molar-refractivity contribution in [2.45, 2.75) is 38.1 Å². The van der Waals surface area contributed by atoms with Crippen LogP contribution in [0.3, 0.4) is 0 Å². The van der Waals surface area contributed by atoms with Crippen LogP contribution in [0.1, 0.15) is 35.9 Å². The Hall–Kier alpha value is -2.75. The van der Waals surface area contributed by atoms with Crippen LogP contribution in [-0.2, 0) is 21.2 Å². The minimum absolute atomic E-state index is 0.0370. The van der Waals surface area contributed by atoms with Gasteiger partial charge in [0.2, 0.25) is 15.9 Å². The second-order valence-corrected chi connectivity index (χ2v) is 12.4. The third-order valence-electron chi connectivity index (χ3n) is 6.16. The zero-order chi connectivity index (χ0) is 25.9. The Morgan fingerprint density at radius 3 is 2.64 bits per heavy atom. The standard InChI is InChI=1S/C27H31FN2O4S2/c1-19(2)16-29(36(32,33)23-9-7-20(3)8-10-23)17-27(31)30-13-11-26-24(12-14-35-26)25(30)18-34-22-6-4-5-21(28)15-22/h4-10,12,14-15,19,25H,11,13,16-18H2,1-3H3/t25-/m1/s1. The number of rotatable bonds is 9. The molecule has 0 saturated carbocycles. The summed E-state index contributed by atoms with van der Waals surface area (Å²) < 4.78 is 47.8. The number of thiophene rings is 1. The molecular weight excluding hydrogens is 499 g/mol. The maximum absolute atomic E-state index is 13.6. The number of carbonyl (C=O) groups is 1. The Labute approximate surface area is 216 Å². The average Bonchev–Trinajstić information content (AvgIpc) is 3.31. The van der Waals surface area contributed by atoms with E-state index in [2.05, 4.69) is 0 Å². The Morgan fingerprint density at radius 2 is 1.94 bits per heavy atom. The van der Waals surface area contributed by atoms with Crippen LogP contribution in [0.4, 0.5) is 4.39 Å². The van der Waals surface area contributed by atoms with Crippen molar-refractivity contribution in [3.8, 4) is 5.75 Å². The third-order valence-corrected chi connectivity index (χ3v) is 8.98. The Bertz CT molecular complexity index is 1310.